The molecule has 3 nitrogen and oxygen atoms in total. The van der Waals surface area contributed by atoms with Crippen molar-refractivity contribution in [1.29, 1.82) is 0 Å². The SMILES string of the molecule is CCCCCC(=O)NC(=S)Nc1ccc(C(F)(F)F)cc1Cl. The zero-order chi connectivity index (χ0) is 16.8. The highest BCUT2D eigenvalue weighted by Gasteiger charge is 2.30. The third-order valence-electron chi connectivity index (χ3n) is 2.80. The van der Waals surface area contributed by atoms with Crippen LogP contribution < -0.4 is 10.6 Å². The first-order valence-electron chi connectivity index (χ1n) is 6.71. The molecule has 22 heavy (non-hydrogen) atoms. The number of anilines is 1. The highest BCUT2D eigenvalue weighted by Crippen LogP contribution is 2.33. The van der Waals surface area contributed by atoms with Gasteiger partial charge in [0.15, 0.2) is 5.11 Å². The van der Waals surface area contributed by atoms with Gasteiger partial charge in [-0.25, -0.2) is 0 Å². The van der Waals surface area contributed by atoms with Crippen molar-refractivity contribution >= 4 is 40.5 Å². The lowest BCUT2D eigenvalue weighted by atomic mass is 10.2. The van der Waals surface area contributed by atoms with Crippen LogP contribution in [0.3, 0.4) is 0 Å². The number of nitrogens with one attached hydrogen (secondary N) is 2. The van der Waals surface area contributed by atoms with Gasteiger partial charge in [0.2, 0.25) is 5.91 Å². The Morgan fingerprint density at radius 2 is 2.00 bits per heavy atom. The molecular weight excluding hydrogens is 337 g/mol. The number of thiocarbonyl (C=S) groups is 1. The van der Waals surface area contributed by atoms with E-state index in [-0.39, 0.29) is 21.7 Å². The van der Waals surface area contributed by atoms with E-state index in [2.05, 4.69) is 10.6 Å². The van der Waals surface area contributed by atoms with E-state index in [1.807, 2.05) is 6.92 Å². The summed E-state index contributed by atoms with van der Waals surface area (Å²) in [6, 6.07) is 2.86. The van der Waals surface area contributed by atoms with Gasteiger partial charge >= 0.3 is 6.18 Å². The quantitative estimate of drug-likeness (QED) is 0.593. The average Bonchev–Trinajstić information content (AvgIpc) is 2.40. The molecule has 8 heteroatoms. The molecule has 0 saturated carbocycles. The second kappa shape index (κ2) is 8.33. The van der Waals surface area contributed by atoms with Gasteiger partial charge < -0.3 is 10.6 Å². The molecule has 0 aliphatic rings. The van der Waals surface area contributed by atoms with Gasteiger partial charge in [0.05, 0.1) is 16.3 Å². The molecule has 0 unspecified atom stereocenters. The molecule has 1 amide bonds. The molecule has 0 spiro atoms. The summed E-state index contributed by atoms with van der Waals surface area (Å²) in [6.45, 7) is 2.02. The maximum absolute atomic E-state index is 12.5. The summed E-state index contributed by atoms with van der Waals surface area (Å²) < 4.78 is 37.6. The minimum absolute atomic E-state index is 0.00292. The van der Waals surface area contributed by atoms with Gasteiger partial charge in [-0.15, -0.1) is 0 Å². The van der Waals surface area contributed by atoms with Crippen LogP contribution in [-0.2, 0) is 11.0 Å². The fraction of sp³-hybridized carbons (Fsp3) is 0.429. The number of carbonyl (C=O) groups excluding carboxylic acids is 1. The van der Waals surface area contributed by atoms with E-state index >= 15 is 0 Å². The third-order valence-corrected chi connectivity index (χ3v) is 3.32. The summed E-state index contributed by atoms with van der Waals surface area (Å²) in [6.07, 6.45) is -1.42. The van der Waals surface area contributed by atoms with Gasteiger partial charge in [-0.1, -0.05) is 31.4 Å². The van der Waals surface area contributed by atoms with Crippen molar-refractivity contribution in [3.63, 3.8) is 0 Å². The molecule has 0 aromatic heterocycles. The minimum Gasteiger partial charge on any atom is -0.331 e. The summed E-state index contributed by atoms with van der Waals surface area (Å²) in [5.74, 6) is -0.242. The van der Waals surface area contributed by atoms with E-state index in [1.54, 1.807) is 0 Å². The van der Waals surface area contributed by atoms with Gasteiger partial charge in [0.1, 0.15) is 0 Å². The normalized spacial score (nSPS) is 11.1. The second-order valence-corrected chi connectivity index (χ2v) is 5.47. The molecule has 0 saturated heterocycles. The number of amides is 1. The van der Waals surface area contributed by atoms with Crippen molar-refractivity contribution in [1.82, 2.24) is 5.32 Å². The number of halogens is 4. The zero-order valence-electron chi connectivity index (χ0n) is 11.9. The van der Waals surface area contributed by atoms with E-state index in [0.717, 1.165) is 31.4 Å². The molecule has 2 N–H and O–H groups in total. The standard InChI is InChI=1S/C14H16ClF3N2OS/c1-2-3-4-5-12(21)20-13(22)19-11-7-6-9(8-10(11)15)14(16,17)18/h6-8H,2-5H2,1H3,(H2,19,20,21,22). The first-order valence-corrected chi connectivity index (χ1v) is 7.50. The predicted octanol–water partition coefficient (Wildman–Crippen LogP) is 4.75. The Kier molecular flexibility index (Phi) is 7.09. The van der Waals surface area contributed by atoms with Crippen LogP contribution >= 0.6 is 23.8 Å². The van der Waals surface area contributed by atoms with Crippen LogP contribution in [0.5, 0.6) is 0 Å². The van der Waals surface area contributed by atoms with E-state index in [0.29, 0.717) is 6.42 Å². The molecule has 0 radical (unpaired) electrons. The number of benzene rings is 1. The molecule has 0 heterocycles. The number of carbonyl (C=O) groups is 1. The summed E-state index contributed by atoms with van der Waals surface area (Å²) in [4.78, 5) is 11.6. The molecule has 0 fully saturated rings. The highest BCUT2D eigenvalue weighted by atomic mass is 35.5. The Labute approximate surface area is 137 Å². The molecule has 0 atom stereocenters. The number of hydrogen-bond donors (Lipinski definition) is 2. The van der Waals surface area contributed by atoms with Crippen LogP contribution in [0.1, 0.15) is 38.2 Å². The predicted molar refractivity (Wildman–Crippen MR) is 85.0 cm³/mol. The Hall–Kier alpha value is -1.34. The van der Waals surface area contributed by atoms with Crippen LogP contribution in [0, 0.1) is 0 Å². The molecule has 0 aliphatic heterocycles. The molecule has 0 aliphatic carbocycles. The number of hydrogen-bond acceptors (Lipinski definition) is 2. The van der Waals surface area contributed by atoms with Gasteiger partial charge in [-0.3, -0.25) is 4.79 Å². The van der Waals surface area contributed by atoms with Crippen LogP contribution in [0.2, 0.25) is 5.02 Å². The Bertz CT molecular complexity index is 549. The van der Waals surface area contributed by atoms with Gasteiger partial charge in [-0.2, -0.15) is 13.2 Å². The van der Waals surface area contributed by atoms with Crippen LogP contribution in [0.4, 0.5) is 18.9 Å². The molecular formula is C14H16ClF3N2OS. The van der Waals surface area contributed by atoms with Crippen molar-refractivity contribution in [2.75, 3.05) is 5.32 Å². The van der Waals surface area contributed by atoms with Gasteiger partial charge in [0, 0.05) is 6.42 Å². The first kappa shape index (κ1) is 18.7. The third kappa shape index (κ3) is 6.19. The minimum atomic E-state index is -4.46. The topological polar surface area (TPSA) is 41.1 Å². The van der Waals surface area contributed by atoms with E-state index in [9.17, 15) is 18.0 Å². The van der Waals surface area contributed by atoms with Crippen LogP contribution in [0.25, 0.3) is 0 Å². The van der Waals surface area contributed by atoms with Crippen molar-refractivity contribution in [2.24, 2.45) is 0 Å². The maximum atomic E-state index is 12.5. The molecule has 0 bridgehead atoms. The molecule has 1 aromatic carbocycles. The Morgan fingerprint density at radius 3 is 2.55 bits per heavy atom. The van der Waals surface area contributed by atoms with Gasteiger partial charge in [0.25, 0.3) is 0 Å². The summed E-state index contributed by atoms with van der Waals surface area (Å²) >= 11 is 10.7. The van der Waals surface area contributed by atoms with E-state index in [4.69, 9.17) is 23.8 Å². The maximum Gasteiger partial charge on any atom is 0.416 e. The lowest BCUT2D eigenvalue weighted by Gasteiger charge is -2.13. The lowest BCUT2D eigenvalue weighted by molar-refractivity contribution is -0.137. The molecule has 1 rings (SSSR count). The fourth-order valence-corrected chi connectivity index (χ4v) is 2.12. The van der Waals surface area contributed by atoms with E-state index in [1.165, 1.54) is 6.07 Å². The van der Waals surface area contributed by atoms with Crippen LogP contribution in [0.15, 0.2) is 18.2 Å². The highest BCUT2D eigenvalue weighted by molar-refractivity contribution is 7.80. The molecule has 122 valence electrons. The first-order chi connectivity index (χ1) is 10.2. The zero-order valence-corrected chi connectivity index (χ0v) is 13.5. The number of rotatable bonds is 5. The van der Waals surface area contributed by atoms with Crippen LogP contribution in [-0.4, -0.2) is 11.0 Å². The summed E-state index contributed by atoms with van der Waals surface area (Å²) in [5, 5.41) is 4.95. The van der Waals surface area contributed by atoms with Crippen molar-refractivity contribution in [3.8, 4) is 0 Å². The summed E-state index contributed by atoms with van der Waals surface area (Å²) in [5.41, 5.74) is -0.647. The van der Waals surface area contributed by atoms with E-state index < -0.39 is 11.7 Å². The fourth-order valence-electron chi connectivity index (χ4n) is 1.67. The Balaban J connectivity index is 2.60. The monoisotopic (exact) mass is 352 g/mol. The number of alkyl halides is 3. The largest absolute Gasteiger partial charge is 0.416 e. The average molecular weight is 353 g/mol. The summed E-state index contributed by atoms with van der Waals surface area (Å²) in [7, 11) is 0. The Morgan fingerprint density at radius 1 is 1.32 bits per heavy atom. The second-order valence-electron chi connectivity index (χ2n) is 4.65. The van der Waals surface area contributed by atoms with Crippen molar-refractivity contribution in [3.05, 3.63) is 28.8 Å². The van der Waals surface area contributed by atoms with Crippen molar-refractivity contribution in [2.45, 2.75) is 38.8 Å². The molecule has 1 aromatic rings. The van der Waals surface area contributed by atoms with Gasteiger partial charge in [-0.05, 0) is 36.8 Å². The lowest BCUT2D eigenvalue weighted by Crippen LogP contribution is -2.34. The van der Waals surface area contributed by atoms with Crippen molar-refractivity contribution < 1.29 is 18.0 Å². The smallest absolute Gasteiger partial charge is 0.331 e. The number of unbranched alkanes of at least 4 members (excludes halogenated alkanes) is 2.